The van der Waals surface area contributed by atoms with Gasteiger partial charge in [0.2, 0.25) is 0 Å². The zero-order valence-electron chi connectivity index (χ0n) is 17.0. The van der Waals surface area contributed by atoms with Crippen LogP contribution < -0.4 is 4.90 Å². The highest BCUT2D eigenvalue weighted by Gasteiger charge is 2.20. The number of rotatable bonds is 2. The zero-order chi connectivity index (χ0) is 19.5. The van der Waals surface area contributed by atoms with Crippen LogP contribution in [0.15, 0.2) is 66.9 Å². The van der Waals surface area contributed by atoms with Gasteiger partial charge in [0.25, 0.3) is 0 Å². The third-order valence-corrected chi connectivity index (χ3v) is 4.44. The molecule has 0 N–H and O–H groups in total. The first-order valence-corrected chi connectivity index (χ1v) is 9.97. The van der Waals surface area contributed by atoms with E-state index in [1.165, 1.54) is 29.7 Å². The van der Waals surface area contributed by atoms with Crippen LogP contribution in [0.1, 0.15) is 44.1 Å². The Morgan fingerprint density at radius 3 is 2.22 bits per heavy atom. The Kier molecular flexibility index (Phi) is 8.50. The first-order valence-electron chi connectivity index (χ1n) is 9.97. The van der Waals surface area contributed by atoms with Crippen LogP contribution in [0.3, 0.4) is 0 Å². The van der Waals surface area contributed by atoms with Gasteiger partial charge in [0.15, 0.2) is 0 Å². The molecule has 2 aromatic carbocycles. The largest absolute Gasteiger partial charge is 0.326 e. The van der Waals surface area contributed by atoms with Crippen LogP contribution in [0.5, 0.6) is 0 Å². The van der Waals surface area contributed by atoms with Crippen LogP contribution in [0, 0.1) is 6.92 Å². The van der Waals surface area contributed by atoms with Crippen molar-refractivity contribution in [1.29, 1.82) is 0 Å². The van der Waals surface area contributed by atoms with Gasteiger partial charge in [-0.15, -0.1) is 0 Å². The van der Waals surface area contributed by atoms with Crippen molar-refractivity contribution in [1.82, 2.24) is 9.97 Å². The highest BCUT2D eigenvalue weighted by molar-refractivity contribution is 5.66. The molecule has 4 rings (SSSR count). The molecule has 0 radical (unpaired) electrons. The summed E-state index contributed by atoms with van der Waals surface area (Å²) in [5, 5.41) is 0. The fourth-order valence-corrected chi connectivity index (χ4v) is 3.13. The Morgan fingerprint density at radius 2 is 1.59 bits per heavy atom. The van der Waals surface area contributed by atoms with E-state index in [2.05, 4.69) is 46.9 Å². The summed E-state index contributed by atoms with van der Waals surface area (Å²) < 4.78 is 0. The molecule has 0 amide bonds. The van der Waals surface area contributed by atoms with Gasteiger partial charge in [0, 0.05) is 24.8 Å². The SMILES string of the molecule is CC.CCc1nccc(N2CCCc3c(C)cccc32)n1.c1ccccc1. The second kappa shape index (κ2) is 11.1. The molecular formula is C24H31N3. The van der Waals surface area contributed by atoms with Crippen LogP contribution in [-0.2, 0) is 12.8 Å². The van der Waals surface area contributed by atoms with Gasteiger partial charge in [-0.3, -0.25) is 0 Å². The lowest BCUT2D eigenvalue weighted by molar-refractivity contribution is 0.750. The molecule has 0 aliphatic carbocycles. The van der Waals surface area contributed by atoms with E-state index in [4.69, 9.17) is 0 Å². The first kappa shape index (κ1) is 20.6. The summed E-state index contributed by atoms with van der Waals surface area (Å²) >= 11 is 0. The number of hydrogen-bond donors (Lipinski definition) is 0. The molecule has 0 unspecified atom stereocenters. The Bertz CT molecular complexity index is 773. The Labute approximate surface area is 164 Å². The van der Waals surface area contributed by atoms with Crippen molar-refractivity contribution in [2.24, 2.45) is 0 Å². The molecule has 3 heteroatoms. The van der Waals surface area contributed by atoms with E-state index >= 15 is 0 Å². The maximum atomic E-state index is 4.66. The molecule has 2 heterocycles. The van der Waals surface area contributed by atoms with Crippen LogP contribution in [0.25, 0.3) is 0 Å². The van der Waals surface area contributed by atoms with Crippen molar-refractivity contribution in [3.05, 3.63) is 83.8 Å². The number of fused-ring (bicyclic) bond motifs is 1. The van der Waals surface area contributed by atoms with E-state index in [1.807, 2.05) is 62.5 Å². The van der Waals surface area contributed by atoms with E-state index in [-0.39, 0.29) is 0 Å². The smallest absolute Gasteiger partial charge is 0.136 e. The monoisotopic (exact) mass is 361 g/mol. The van der Waals surface area contributed by atoms with Gasteiger partial charge in [0.05, 0.1) is 0 Å². The van der Waals surface area contributed by atoms with E-state index < -0.39 is 0 Å². The van der Waals surface area contributed by atoms with E-state index in [1.54, 1.807) is 0 Å². The van der Waals surface area contributed by atoms with Crippen molar-refractivity contribution in [3.63, 3.8) is 0 Å². The van der Waals surface area contributed by atoms with Crippen LogP contribution in [0.4, 0.5) is 11.5 Å². The normalized spacial score (nSPS) is 12.1. The van der Waals surface area contributed by atoms with Gasteiger partial charge in [0.1, 0.15) is 11.6 Å². The molecular weight excluding hydrogens is 330 g/mol. The number of aryl methyl sites for hydroxylation is 2. The highest BCUT2D eigenvalue weighted by atomic mass is 15.2. The molecule has 0 saturated heterocycles. The fraction of sp³-hybridized carbons (Fsp3) is 0.333. The molecule has 3 nitrogen and oxygen atoms in total. The lowest BCUT2D eigenvalue weighted by Crippen LogP contribution is -2.26. The van der Waals surface area contributed by atoms with E-state index in [9.17, 15) is 0 Å². The summed E-state index contributed by atoms with van der Waals surface area (Å²) in [7, 11) is 0. The van der Waals surface area contributed by atoms with Crippen LogP contribution in [0.2, 0.25) is 0 Å². The van der Waals surface area contributed by atoms with Crippen molar-refractivity contribution in [3.8, 4) is 0 Å². The lowest BCUT2D eigenvalue weighted by Gasteiger charge is -2.31. The van der Waals surface area contributed by atoms with Gasteiger partial charge >= 0.3 is 0 Å². The Morgan fingerprint density at radius 1 is 0.926 bits per heavy atom. The summed E-state index contributed by atoms with van der Waals surface area (Å²) in [5.74, 6) is 1.94. The van der Waals surface area contributed by atoms with Crippen LogP contribution in [-0.4, -0.2) is 16.5 Å². The minimum absolute atomic E-state index is 0.877. The molecule has 0 fully saturated rings. The third-order valence-electron chi connectivity index (χ3n) is 4.44. The maximum Gasteiger partial charge on any atom is 0.136 e. The van der Waals surface area contributed by atoms with Gasteiger partial charge in [-0.25, -0.2) is 9.97 Å². The van der Waals surface area contributed by atoms with Crippen LogP contribution >= 0.6 is 0 Å². The molecule has 27 heavy (non-hydrogen) atoms. The second-order valence-corrected chi connectivity index (χ2v) is 6.17. The third kappa shape index (κ3) is 5.65. The lowest BCUT2D eigenvalue weighted by atomic mass is 9.97. The number of anilines is 2. The van der Waals surface area contributed by atoms with E-state index in [0.29, 0.717) is 0 Å². The molecule has 1 aromatic heterocycles. The van der Waals surface area contributed by atoms with Crippen molar-refractivity contribution >= 4 is 11.5 Å². The standard InChI is InChI=1S/C16H19N3.C6H6.C2H6/c1-3-15-17-10-9-16(18-15)19-11-5-7-13-12(2)6-4-8-14(13)19;1-2-4-6-5-3-1;1-2/h4,6,8-10H,3,5,7,11H2,1-2H3;1-6H;1-2H3. The van der Waals surface area contributed by atoms with Crippen molar-refractivity contribution in [2.45, 2.75) is 47.0 Å². The highest BCUT2D eigenvalue weighted by Crippen LogP contribution is 2.33. The minimum atomic E-state index is 0.877. The molecule has 1 aliphatic heterocycles. The predicted octanol–water partition coefficient (Wildman–Crippen LogP) is 6.14. The maximum absolute atomic E-state index is 4.66. The summed E-state index contributed by atoms with van der Waals surface area (Å²) in [4.78, 5) is 11.3. The van der Waals surface area contributed by atoms with Gasteiger partial charge in [-0.2, -0.15) is 0 Å². The molecule has 0 atom stereocenters. The van der Waals surface area contributed by atoms with Gasteiger partial charge in [-0.1, -0.05) is 69.3 Å². The first-order chi connectivity index (χ1) is 13.3. The summed E-state index contributed by atoms with van der Waals surface area (Å²) in [6, 6.07) is 20.5. The molecule has 0 spiro atoms. The molecule has 0 bridgehead atoms. The Hall–Kier alpha value is -2.68. The molecule has 142 valence electrons. The second-order valence-electron chi connectivity index (χ2n) is 6.17. The van der Waals surface area contributed by atoms with Crippen molar-refractivity contribution < 1.29 is 0 Å². The van der Waals surface area contributed by atoms with Gasteiger partial charge in [-0.05, 0) is 43.0 Å². The molecule has 1 aliphatic rings. The topological polar surface area (TPSA) is 29.0 Å². The average Bonchev–Trinajstić information content (AvgIpc) is 2.77. The van der Waals surface area contributed by atoms with Crippen molar-refractivity contribution in [2.75, 3.05) is 11.4 Å². The molecule has 3 aromatic rings. The number of benzene rings is 2. The summed E-state index contributed by atoms with van der Waals surface area (Å²) in [5.41, 5.74) is 4.16. The fourth-order valence-electron chi connectivity index (χ4n) is 3.13. The average molecular weight is 362 g/mol. The van der Waals surface area contributed by atoms with Gasteiger partial charge < -0.3 is 4.90 Å². The number of nitrogens with zero attached hydrogens (tertiary/aromatic N) is 3. The number of aromatic nitrogens is 2. The minimum Gasteiger partial charge on any atom is -0.326 e. The predicted molar refractivity (Wildman–Crippen MR) is 116 cm³/mol. The summed E-state index contributed by atoms with van der Waals surface area (Å²) in [6.07, 6.45) is 5.10. The van der Waals surface area contributed by atoms with E-state index in [0.717, 1.165) is 24.6 Å². The quantitative estimate of drug-likeness (QED) is 0.548. The zero-order valence-corrected chi connectivity index (χ0v) is 17.0. The Balaban J connectivity index is 0.000000275. The molecule has 0 saturated carbocycles. The number of hydrogen-bond acceptors (Lipinski definition) is 3. The summed E-state index contributed by atoms with van der Waals surface area (Å²) in [6.45, 7) is 9.32.